The topological polar surface area (TPSA) is 44.6 Å². The van der Waals surface area contributed by atoms with Gasteiger partial charge < -0.3 is 10.5 Å². The van der Waals surface area contributed by atoms with Crippen molar-refractivity contribution >= 4 is 17.5 Å². The van der Waals surface area contributed by atoms with Gasteiger partial charge in [-0.25, -0.2) is 0 Å². The number of benzene rings is 2. The molecule has 0 saturated carbocycles. The summed E-state index contributed by atoms with van der Waals surface area (Å²) in [6.07, 6.45) is 3.76. The van der Waals surface area contributed by atoms with Crippen LogP contribution in [0.15, 0.2) is 64.6 Å². The summed E-state index contributed by atoms with van der Waals surface area (Å²) in [4.78, 5) is 1.23. The van der Waals surface area contributed by atoms with E-state index in [2.05, 4.69) is 86.6 Å². The summed E-state index contributed by atoms with van der Waals surface area (Å²) in [5, 5.41) is 13.6. The van der Waals surface area contributed by atoms with Gasteiger partial charge in [0.2, 0.25) is 0 Å². The lowest BCUT2D eigenvalue weighted by Gasteiger charge is -2.17. The average Bonchev–Trinajstić information content (AvgIpc) is 2.70. The van der Waals surface area contributed by atoms with E-state index < -0.39 is 0 Å². The lowest BCUT2D eigenvalue weighted by Crippen LogP contribution is -2.18. The molecular formula is C24H32N2OS. The highest BCUT2D eigenvalue weighted by Crippen LogP contribution is 2.23. The second-order valence-corrected chi connectivity index (χ2v) is 8.16. The number of aliphatic hydroxyl groups is 1. The molecule has 28 heavy (non-hydrogen) atoms. The van der Waals surface area contributed by atoms with Crippen LogP contribution < -0.4 is 5.43 Å². The van der Waals surface area contributed by atoms with Crippen molar-refractivity contribution in [3.63, 3.8) is 0 Å². The quantitative estimate of drug-likeness (QED) is 0.192. The van der Waals surface area contributed by atoms with Crippen LogP contribution >= 0.6 is 11.8 Å². The summed E-state index contributed by atoms with van der Waals surface area (Å²) in [5.74, 6) is 0.302. The monoisotopic (exact) mass is 396 g/mol. The molecular weight excluding hydrogens is 364 g/mol. The van der Waals surface area contributed by atoms with Crippen molar-refractivity contribution in [1.82, 2.24) is 5.43 Å². The van der Waals surface area contributed by atoms with E-state index in [9.17, 15) is 0 Å². The third kappa shape index (κ3) is 6.54. The van der Waals surface area contributed by atoms with Crippen molar-refractivity contribution in [1.29, 1.82) is 0 Å². The number of hydrazone groups is 1. The van der Waals surface area contributed by atoms with Crippen molar-refractivity contribution in [3.8, 4) is 0 Å². The third-order valence-corrected chi connectivity index (χ3v) is 5.80. The van der Waals surface area contributed by atoms with Crippen LogP contribution in [0.4, 0.5) is 0 Å². The van der Waals surface area contributed by atoms with Gasteiger partial charge in [-0.15, -0.1) is 11.8 Å². The molecule has 0 bridgehead atoms. The average molecular weight is 397 g/mol. The van der Waals surface area contributed by atoms with Crippen LogP contribution in [-0.2, 0) is 6.42 Å². The van der Waals surface area contributed by atoms with Crippen LogP contribution in [0, 0.1) is 19.8 Å². The van der Waals surface area contributed by atoms with Crippen molar-refractivity contribution in [2.24, 2.45) is 11.0 Å². The molecule has 4 heteroatoms. The van der Waals surface area contributed by atoms with E-state index in [0.717, 1.165) is 24.1 Å². The number of nitrogens with one attached hydrogen (secondary N) is 1. The molecule has 0 aliphatic carbocycles. The van der Waals surface area contributed by atoms with Crippen molar-refractivity contribution in [3.05, 3.63) is 76.9 Å². The van der Waals surface area contributed by atoms with Crippen LogP contribution in [-0.4, -0.2) is 30.2 Å². The predicted molar refractivity (Wildman–Crippen MR) is 122 cm³/mol. The van der Waals surface area contributed by atoms with Gasteiger partial charge in [0.05, 0.1) is 18.9 Å². The van der Waals surface area contributed by atoms with Gasteiger partial charge in [-0.05, 0) is 73.2 Å². The number of aryl methyl sites for hydroxylation is 2. The number of hydrogen-bond acceptors (Lipinski definition) is 4. The van der Waals surface area contributed by atoms with Crippen molar-refractivity contribution in [2.75, 3.05) is 19.4 Å². The first-order valence-corrected chi connectivity index (χ1v) is 11.0. The molecule has 0 saturated heterocycles. The predicted octanol–water partition coefficient (Wildman–Crippen LogP) is 5.14. The van der Waals surface area contributed by atoms with E-state index >= 15 is 0 Å². The largest absolute Gasteiger partial charge is 0.394 e. The Balaban J connectivity index is 2.11. The third-order valence-electron chi connectivity index (χ3n) is 5.06. The van der Waals surface area contributed by atoms with Crippen LogP contribution in [0.1, 0.15) is 35.6 Å². The number of nitrogens with zero attached hydrogens (tertiary/aromatic N) is 1. The first kappa shape index (κ1) is 22.3. The fraction of sp³-hybridized carbons (Fsp3) is 0.375. The fourth-order valence-electron chi connectivity index (χ4n) is 3.00. The number of aliphatic hydroxyl groups excluding tert-OH is 1. The Morgan fingerprint density at radius 2 is 1.86 bits per heavy atom. The van der Waals surface area contributed by atoms with Crippen LogP contribution in [0.25, 0.3) is 0 Å². The number of rotatable bonds is 10. The number of thioether (sulfide) groups is 1. The van der Waals surface area contributed by atoms with Gasteiger partial charge in [-0.3, -0.25) is 0 Å². The minimum Gasteiger partial charge on any atom is -0.394 e. The van der Waals surface area contributed by atoms with E-state index in [-0.39, 0.29) is 6.61 Å². The Labute approximate surface area is 174 Å². The molecule has 2 aromatic carbocycles. The minimum absolute atomic E-state index is 0.0667. The standard InChI is InChI=1S/C24H32N2OS/c1-17-6-7-21(14-18(17)2)15-19(3)20(4)16-24(26-25-12-13-27)22-8-10-23(28-5)11-9-22/h6-11,14,20,25,27H,3,12-13,15-16H2,1-2,4-5H3/b26-24+. The fourth-order valence-corrected chi connectivity index (χ4v) is 3.41. The maximum atomic E-state index is 9.05. The Hall–Kier alpha value is -2.04. The molecule has 1 atom stereocenters. The summed E-state index contributed by atoms with van der Waals surface area (Å²) in [5.41, 5.74) is 10.2. The second kappa shape index (κ2) is 11.1. The molecule has 150 valence electrons. The van der Waals surface area contributed by atoms with Crippen LogP contribution in [0.2, 0.25) is 0 Å². The molecule has 0 aliphatic rings. The summed E-state index contributed by atoms with van der Waals surface area (Å²) in [7, 11) is 0. The highest BCUT2D eigenvalue weighted by atomic mass is 32.2. The molecule has 0 heterocycles. The summed E-state index contributed by atoms with van der Waals surface area (Å²) >= 11 is 1.73. The van der Waals surface area contributed by atoms with Gasteiger partial charge in [0.25, 0.3) is 0 Å². The maximum absolute atomic E-state index is 9.05. The zero-order chi connectivity index (χ0) is 20.5. The second-order valence-electron chi connectivity index (χ2n) is 7.28. The molecule has 2 N–H and O–H groups in total. The molecule has 2 rings (SSSR count). The van der Waals surface area contributed by atoms with Gasteiger partial charge in [0.1, 0.15) is 0 Å². The summed E-state index contributed by atoms with van der Waals surface area (Å²) in [6, 6.07) is 15.1. The van der Waals surface area contributed by atoms with Gasteiger partial charge in [-0.1, -0.05) is 49.4 Å². The first-order chi connectivity index (χ1) is 13.4. The Bertz CT molecular complexity index is 812. The normalized spacial score (nSPS) is 12.7. The van der Waals surface area contributed by atoms with E-state index in [1.807, 2.05) is 0 Å². The minimum atomic E-state index is 0.0667. The smallest absolute Gasteiger partial charge is 0.0681 e. The Morgan fingerprint density at radius 3 is 2.46 bits per heavy atom. The SMILES string of the molecule is C=C(Cc1ccc(C)c(C)c1)C(C)C/C(=N\NCCO)c1ccc(SC)cc1. The molecule has 0 aliphatic heterocycles. The Morgan fingerprint density at radius 1 is 1.14 bits per heavy atom. The van der Waals surface area contributed by atoms with Crippen LogP contribution in [0.3, 0.4) is 0 Å². The molecule has 0 fully saturated rings. The van der Waals surface area contributed by atoms with E-state index in [4.69, 9.17) is 5.11 Å². The van der Waals surface area contributed by atoms with Crippen LogP contribution in [0.5, 0.6) is 0 Å². The van der Waals surface area contributed by atoms with Gasteiger partial charge in [0.15, 0.2) is 0 Å². The summed E-state index contributed by atoms with van der Waals surface area (Å²) in [6.45, 7) is 11.4. The molecule has 1 unspecified atom stereocenters. The highest BCUT2D eigenvalue weighted by molar-refractivity contribution is 7.98. The molecule has 0 spiro atoms. The lowest BCUT2D eigenvalue weighted by molar-refractivity contribution is 0.293. The van der Waals surface area contributed by atoms with Gasteiger partial charge in [0, 0.05) is 4.90 Å². The Kier molecular flexibility index (Phi) is 8.81. The molecule has 0 amide bonds. The first-order valence-electron chi connectivity index (χ1n) is 9.73. The van der Waals surface area contributed by atoms with Crippen molar-refractivity contribution < 1.29 is 5.11 Å². The van der Waals surface area contributed by atoms with Crippen molar-refractivity contribution in [2.45, 2.75) is 38.5 Å². The molecule has 2 aromatic rings. The number of allylic oxidation sites excluding steroid dienone is 1. The van der Waals surface area contributed by atoms with E-state index in [0.29, 0.717) is 12.5 Å². The number of hydrogen-bond donors (Lipinski definition) is 2. The van der Waals surface area contributed by atoms with Gasteiger partial charge >= 0.3 is 0 Å². The summed E-state index contributed by atoms with van der Waals surface area (Å²) < 4.78 is 0. The maximum Gasteiger partial charge on any atom is 0.0681 e. The van der Waals surface area contributed by atoms with Gasteiger partial charge in [-0.2, -0.15) is 5.10 Å². The zero-order valence-electron chi connectivity index (χ0n) is 17.5. The lowest BCUT2D eigenvalue weighted by atomic mass is 9.89. The van der Waals surface area contributed by atoms with E-state index in [1.165, 1.54) is 27.2 Å². The molecule has 0 radical (unpaired) electrons. The zero-order valence-corrected chi connectivity index (χ0v) is 18.3. The highest BCUT2D eigenvalue weighted by Gasteiger charge is 2.14. The molecule has 0 aromatic heterocycles. The van der Waals surface area contributed by atoms with E-state index in [1.54, 1.807) is 11.8 Å². The molecule has 3 nitrogen and oxygen atoms in total.